The summed E-state index contributed by atoms with van der Waals surface area (Å²) in [7, 11) is 0. The summed E-state index contributed by atoms with van der Waals surface area (Å²) in [6, 6.07) is 8.26. The Labute approximate surface area is 89.9 Å². The van der Waals surface area contributed by atoms with E-state index in [0.29, 0.717) is 6.54 Å². The van der Waals surface area contributed by atoms with E-state index in [1.807, 2.05) is 26.0 Å². The van der Waals surface area contributed by atoms with Gasteiger partial charge in [-0.3, -0.25) is 0 Å². The van der Waals surface area contributed by atoms with E-state index in [1.165, 1.54) is 5.56 Å². The molecule has 1 aromatic rings. The average molecular weight is 202 g/mol. The lowest BCUT2D eigenvalue weighted by atomic mass is 10.1. The van der Waals surface area contributed by atoms with Crippen molar-refractivity contribution in [3.05, 3.63) is 23.8 Å². The summed E-state index contributed by atoms with van der Waals surface area (Å²) in [5, 5.41) is 8.77. The van der Waals surface area contributed by atoms with Crippen LogP contribution in [0.1, 0.15) is 12.5 Å². The van der Waals surface area contributed by atoms with Gasteiger partial charge in [0.25, 0.3) is 0 Å². The van der Waals surface area contributed by atoms with Crippen molar-refractivity contribution in [2.75, 3.05) is 18.0 Å². The summed E-state index contributed by atoms with van der Waals surface area (Å²) in [5.41, 5.74) is 2.23. The first-order valence-electron chi connectivity index (χ1n) is 5.10. The van der Waals surface area contributed by atoms with E-state index < -0.39 is 0 Å². The number of hydrogen-bond acceptors (Lipinski definition) is 3. The Kier molecular flexibility index (Phi) is 2.51. The SMILES string of the molecule is Cc1ccc2c(c1)N(CC#N)CC(C)O2. The third kappa shape index (κ3) is 1.89. The zero-order valence-corrected chi connectivity index (χ0v) is 9.03. The van der Waals surface area contributed by atoms with Crippen LogP contribution in [0.2, 0.25) is 0 Å². The number of rotatable bonds is 1. The summed E-state index contributed by atoms with van der Waals surface area (Å²) in [4.78, 5) is 2.07. The Hall–Kier alpha value is -1.69. The first-order chi connectivity index (χ1) is 7.20. The van der Waals surface area contributed by atoms with E-state index in [4.69, 9.17) is 10.00 Å². The van der Waals surface area contributed by atoms with Crippen molar-refractivity contribution in [3.8, 4) is 11.8 Å². The fourth-order valence-electron chi connectivity index (χ4n) is 1.87. The molecule has 0 aliphatic carbocycles. The number of ether oxygens (including phenoxy) is 1. The second-order valence-electron chi connectivity index (χ2n) is 3.94. The van der Waals surface area contributed by atoms with Crippen LogP contribution in [0, 0.1) is 18.3 Å². The molecule has 15 heavy (non-hydrogen) atoms. The van der Waals surface area contributed by atoms with Gasteiger partial charge in [0.15, 0.2) is 0 Å². The van der Waals surface area contributed by atoms with Crippen LogP contribution in [-0.4, -0.2) is 19.2 Å². The maximum absolute atomic E-state index is 8.77. The molecule has 1 atom stereocenters. The van der Waals surface area contributed by atoms with Crippen molar-refractivity contribution >= 4 is 5.69 Å². The van der Waals surface area contributed by atoms with E-state index in [9.17, 15) is 0 Å². The summed E-state index contributed by atoms with van der Waals surface area (Å²) >= 11 is 0. The summed E-state index contributed by atoms with van der Waals surface area (Å²) in [6.45, 7) is 5.27. The Morgan fingerprint density at radius 2 is 2.40 bits per heavy atom. The van der Waals surface area contributed by atoms with Crippen LogP contribution in [0.5, 0.6) is 5.75 Å². The van der Waals surface area contributed by atoms with Gasteiger partial charge in [0.2, 0.25) is 0 Å². The minimum Gasteiger partial charge on any atom is -0.487 e. The van der Waals surface area contributed by atoms with E-state index in [-0.39, 0.29) is 6.10 Å². The van der Waals surface area contributed by atoms with E-state index in [2.05, 4.69) is 17.0 Å². The molecule has 78 valence electrons. The molecule has 0 saturated heterocycles. The quantitative estimate of drug-likeness (QED) is 0.654. The highest BCUT2D eigenvalue weighted by Gasteiger charge is 2.22. The van der Waals surface area contributed by atoms with Crippen LogP contribution < -0.4 is 9.64 Å². The van der Waals surface area contributed by atoms with Crippen molar-refractivity contribution < 1.29 is 4.74 Å². The molecule has 3 heteroatoms. The lowest BCUT2D eigenvalue weighted by molar-refractivity contribution is 0.214. The zero-order valence-electron chi connectivity index (χ0n) is 9.03. The van der Waals surface area contributed by atoms with Crippen molar-refractivity contribution in [2.24, 2.45) is 0 Å². The van der Waals surface area contributed by atoms with Gasteiger partial charge in [0, 0.05) is 0 Å². The van der Waals surface area contributed by atoms with Gasteiger partial charge in [-0.05, 0) is 31.5 Å². The van der Waals surface area contributed by atoms with E-state index in [0.717, 1.165) is 18.0 Å². The lowest BCUT2D eigenvalue weighted by Gasteiger charge is -2.33. The standard InChI is InChI=1S/C12H14N2O/c1-9-3-4-12-11(7-9)14(6-5-13)8-10(2)15-12/h3-4,7,10H,6,8H2,1-2H3. The van der Waals surface area contributed by atoms with Crippen LogP contribution in [0.25, 0.3) is 0 Å². The molecule has 1 aromatic carbocycles. The van der Waals surface area contributed by atoms with Gasteiger partial charge in [0.1, 0.15) is 18.4 Å². The molecule has 0 spiro atoms. The molecule has 0 radical (unpaired) electrons. The van der Waals surface area contributed by atoms with Crippen molar-refractivity contribution in [1.29, 1.82) is 5.26 Å². The van der Waals surface area contributed by atoms with Gasteiger partial charge in [-0.15, -0.1) is 0 Å². The third-order valence-corrected chi connectivity index (χ3v) is 2.52. The molecule has 1 heterocycles. The van der Waals surface area contributed by atoms with Crippen LogP contribution in [0.15, 0.2) is 18.2 Å². The Bertz CT molecular complexity index is 409. The highest BCUT2D eigenvalue weighted by atomic mass is 16.5. The van der Waals surface area contributed by atoms with E-state index in [1.54, 1.807) is 0 Å². The molecule has 3 nitrogen and oxygen atoms in total. The summed E-state index contributed by atoms with van der Waals surface area (Å²) in [5.74, 6) is 0.884. The molecular formula is C12H14N2O. The predicted octanol–water partition coefficient (Wildman–Crippen LogP) is 2.11. The van der Waals surface area contributed by atoms with Crippen molar-refractivity contribution in [3.63, 3.8) is 0 Å². The van der Waals surface area contributed by atoms with Crippen LogP contribution in [0.4, 0.5) is 5.69 Å². The maximum atomic E-state index is 8.77. The smallest absolute Gasteiger partial charge is 0.143 e. The Morgan fingerprint density at radius 3 is 3.13 bits per heavy atom. The molecule has 2 rings (SSSR count). The van der Waals surface area contributed by atoms with Crippen LogP contribution >= 0.6 is 0 Å². The molecular weight excluding hydrogens is 188 g/mol. The maximum Gasteiger partial charge on any atom is 0.143 e. The molecule has 0 N–H and O–H groups in total. The molecule has 0 amide bonds. The lowest BCUT2D eigenvalue weighted by Crippen LogP contribution is -2.38. The Morgan fingerprint density at radius 1 is 1.60 bits per heavy atom. The predicted molar refractivity (Wildman–Crippen MR) is 59.1 cm³/mol. The number of hydrogen-bond donors (Lipinski definition) is 0. The van der Waals surface area contributed by atoms with Gasteiger partial charge in [-0.25, -0.2) is 0 Å². The van der Waals surface area contributed by atoms with Gasteiger partial charge in [-0.1, -0.05) is 6.07 Å². The van der Waals surface area contributed by atoms with Crippen molar-refractivity contribution in [1.82, 2.24) is 0 Å². The topological polar surface area (TPSA) is 36.3 Å². The number of fused-ring (bicyclic) bond motifs is 1. The average Bonchev–Trinajstić information content (AvgIpc) is 2.19. The number of nitrogens with zero attached hydrogens (tertiary/aromatic N) is 2. The second kappa shape index (κ2) is 3.82. The number of benzene rings is 1. The van der Waals surface area contributed by atoms with E-state index >= 15 is 0 Å². The van der Waals surface area contributed by atoms with Gasteiger partial charge in [-0.2, -0.15) is 5.26 Å². The number of anilines is 1. The number of aryl methyl sites for hydroxylation is 1. The second-order valence-corrected chi connectivity index (χ2v) is 3.94. The molecule has 0 aromatic heterocycles. The minimum absolute atomic E-state index is 0.147. The molecule has 0 saturated carbocycles. The third-order valence-electron chi connectivity index (χ3n) is 2.52. The fraction of sp³-hybridized carbons (Fsp3) is 0.417. The fourth-order valence-corrected chi connectivity index (χ4v) is 1.87. The molecule has 0 bridgehead atoms. The van der Waals surface area contributed by atoms with Crippen LogP contribution in [0.3, 0.4) is 0 Å². The minimum atomic E-state index is 0.147. The monoisotopic (exact) mass is 202 g/mol. The molecule has 1 unspecified atom stereocenters. The summed E-state index contributed by atoms with van der Waals surface area (Å²) < 4.78 is 5.71. The van der Waals surface area contributed by atoms with Crippen molar-refractivity contribution in [2.45, 2.75) is 20.0 Å². The first kappa shape index (κ1) is 9.85. The summed E-state index contributed by atoms with van der Waals surface area (Å²) in [6.07, 6.45) is 0.147. The van der Waals surface area contributed by atoms with Crippen LogP contribution in [-0.2, 0) is 0 Å². The van der Waals surface area contributed by atoms with Gasteiger partial charge in [0.05, 0.1) is 18.3 Å². The largest absolute Gasteiger partial charge is 0.487 e. The highest BCUT2D eigenvalue weighted by Crippen LogP contribution is 2.33. The normalized spacial score (nSPS) is 19.0. The van der Waals surface area contributed by atoms with Gasteiger partial charge < -0.3 is 9.64 Å². The first-order valence-corrected chi connectivity index (χ1v) is 5.10. The molecule has 0 fully saturated rings. The number of nitriles is 1. The zero-order chi connectivity index (χ0) is 10.8. The Balaban J connectivity index is 2.39. The molecule has 1 aliphatic rings. The molecule has 1 aliphatic heterocycles. The van der Waals surface area contributed by atoms with Gasteiger partial charge >= 0.3 is 0 Å². The highest BCUT2D eigenvalue weighted by molar-refractivity contribution is 5.62.